The number of nitrogens with one attached hydrogen (secondary N) is 2. The molecule has 1 aromatic carbocycles. The van der Waals surface area contributed by atoms with Gasteiger partial charge in [-0.2, -0.15) is 10.1 Å². The number of aromatic amines is 1. The summed E-state index contributed by atoms with van der Waals surface area (Å²) < 4.78 is 13.6. The molecule has 130 valence electrons. The van der Waals surface area contributed by atoms with Crippen LogP contribution in [0, 0.1) is 5.82 Å². The molecule has 1 atom stereocenters. The molecule has 8 nitrogen and oxygen atoms in total. The molecule has 3 heterocycles. The average molecular weight is 344 g/mol. The van der Waals surface area contributed by atoms with Gasteiger partial charge in [-0.15, -0.1) is 0 Å². The third-order valence-corrected chi connectivity index (χ3v) is 4.64. The van der Waals surface area contributed by atoms with Crippen molar-refractivity contribution < 1.29 is 14.0 Å². The van der Waals surface area contributed by atoms with E-state index < -0.39 is 11.7 Å². The van der Waals surface area contributed by atoms with Crippen molar-refractivity contribution in [2.24, 2.45) is 0 Å². The van der Waals surface area contributed by atoms with Crippen LogP contribution < -0.4 is 10.2 Å². The third kappa shape index (κ3) is 2.92. The number of halogens is 1. The number of hydrogen-bond donors (Lipinski definition) is 2. The molecule has 2 amide bonds. The zero-order valence-electron chi connectivity index (χ0n) is 13.4. The van der Waals surface area contributed by atoms with E-state index in [1.54, 1.807) is 4.90 Å². The Morgan fingerprint density at radius 1 is 1.24 bits per heavy atom. The Kier molecular flexibility index (Phi) is 3.83. The van der Waals surface area contributed by atoms with Crippen molar-refractivity contribution in [2.75, 3.05) is 36.4 Å². The van der Waals surface area contributed by atoms with Gasteiger partial charge in [-0.05, 0) is 23.8 Å². The molecule has 2 aromatic rings. The Morgan fingerprint density at radius 2 is 2.04 bits per heavy atom. The second kappa shape index (κ2) is 6.15. The predicted octanol–water partition coefficient (Wildman–Crippen LogP) is 0.718. The van der Waals surface area contributed by atoms with Crippen LogP contribution in [-0.4, -0.2) is 58.1 Å². The van der Waals surface area contributed by atoms with Crippen molar-refractivity contribution in [3.63, 3.8) is 0 Å². The molecule has 0 spiro atoms. The molecule has 0 unspecified atom stereocenters. The standard InChI is InChI=1S/C16H17FN6O2/c17-10-1-2-13-11(7-10)12(8-14(24)20-13)15(25)22-3-5-23(6-4-22)16-18-9-19-21-16/h1-2,7,9,12H,3-6,8H2,(H,20,24)(H,18,19,21)/t12-/m1/s1. The molecular formula is C16H17FN6O2. The Balaban J connectivity index is 1.50. The van der Waals surface area contributed by atoms with E-state index in [1.807, 2.05) is 4.90 Å². The van der Waals surface area contributed by atoms with Gasteiger partial charge in [0, 0.05) is 38.3 Å². The number of nitrogens with zero attached hydrogens (tertiary/aromatic N) is 4. The molecule has 4 rings (SSSR count). The number of carbonyl (C=O) groups is 2. The van der Waals surface area contributed by atoms with Crippen molar-refractivity contribution in [1.82, 2.24) is 20.1 Å². The first-order chi connectivity index (χ1) is 12.1. The van der Waals surface area contributed by atoms with Gasteiger partial charge in [-0.1, -0.05) is 0 Å². The number of rotatable bonds is 2. The van der Waals surface area contributed by atoms with E-state index in [2.05, 4.69) is 20.5 Å². The van der Waals surface area contributed by atoms with Crippen LogP contribution in [0.1, 0.15) is 17.9 Å². The van der Waals surface area contributed by atoms with E-state index >= 15 is 0 Å². The summed E-state index contributed by atoms with van der Waals surface area (Å²) in [6.45, 7) is 2.27. The van der Waals surface area contributed by atoms with Gasteiger partial charge in [0.1, 0.15) is 12.1 Å². The van der Waals surface area contributed by atoms with Gasteiger partial charge in [0.25, 0.3) is 0 Å². The van der Waals surface area contributed by atoms with E-state index in [0.29, 0.717) is 43.4 Å². The van der Waals surface area contributed by atoms with E-state index in [1.165, 1.54) is 24.5 Å². The second-order valence-electron chi connectivity index (χ2n) is 6.16. The molecule has 9 heteroatoms. The first-order valence-electron chi connectivity index (χ1n) is 8.10. The molecular weight excluding hydrogens is 327 g/mol. The number of hydrogen-bond acceptors (Lipinski definition) is 5. The number of H-pyrrole nitrogens is 1. The topological polar surface area (TPSA) is 94.2 Å². The lowest BCUT2D eigenvalue weighted by Gasteiger charge is -2.37. The maximum Gasteiger partial charge on any atom is 0.230 e. The molecule has 2 aliphatic heterocycles. The van der Waals surface area contributed by atoms with Crippen molar-refractivity contribution in [2.45, 2.75) is 12.3 Å². The number of anilines is 2. The van der Waals surface area contributed by atoms with Crippen molar-refractivity contribution >= 4 is 23.5 Å². The van der Waals surface area contributed by atoms with Crippen LogP contribution in [0.3, 0.4) is 0 Å². The lowest BCUT2D eigenvalue weighted by Crippen LogP contribution is -2.51. The highest BCUT2D eigenvalue weighted by Gasteiger charge is 2.35. The summed E-state index contributed by atoms with van der Waals surface area (Å²) in [6.07, 6.45) is 1.48. The molecule has 0 aliphatic carbocycles. The number of fused-ring (bicyclic) bond motifs is 1. The van der Waals surface area contributed by atoms with Gasteiger partial charge in [0.2, 0.25) is 17.8 Å². The SMILES string of the molecule is O=C1C[C@@H](C(=O)N2CCN(c3ncn[nH]3)CC2)c2cc(F)ccc2N1. The summed E-state index contributed by atoms with van der Waals surface area (Å²) in [4.78, 5) is 32.7. The second-order valence-corrected chi connectivity index (χ2v) is 6.16. The number of piperazine rings is 1. The molecule has 0 radical (unpaired) electrons. The van der Waals surface area contributed by atoms with Crippen molar-refractivity contribution in [3.05, 3.63) is 35.9 Å². The molecule has 2 N–H and O–H groups in total. The minimum atomic E-state index is -0.642. The first kappa shape index (κ1) is 15.6. The third-order valence-electron chi connectivity index (χ3n) is 4.64. The van der Waals surface area contributed by atoms with Gasteiger partial charge in [0.15, 0.2) is 0 Å². The maximum atomic E-state index is 13.6. The van der Waals surface area contributed by atoms with Gasteiger partial charge >= 0.3 is 0 Å². The van der Waals surface area contributed by atoms with Gasteiger partial charge in [-0.3, -0.25) is 9.59 Å². The summed E-state index contributed by atoms with van der Waals surface area (Å²) in [5.41, 5.74) is 1.05. The van der Waals surface area contributed by atoms with Crippen LogP contribution in [0.15, 0.2) is 24.5 Å². The normalized spacial score (nSPS) is 20.2. The molecule has 1 fully saturated rings. The molecule has 25 heavy (non-hydrogen) atoms. The highest BCUT2D eigenvalue weighted by Crippen LogP contribution is 2.34. The number of aromatic nitrogens is 3. The zero-order chi connectivity index (χ0) is 17.4. The molecule has 0 saturated carbocycles. The Hall–Kier alpha value is -2.97. The minimum Gasteiger partial charge on any atom is -0.339 e. The monoisotopic (exact) mass is 344 g/mol. The van der Waals surface area contributed by atoms with Crippen LogP contribution >= 0.6 is 0 Å². The van der Waals surface area contributed by atoms with E-state index in [4.69, 9.17) is 0 Å². The first-order valence-corrected chi connectivity index (χ1v) is 8.10. The van der Waals surface area contributed by atoms with Crippen LogP contribution in [0.2, 0.25) is 0 Å². The fraction of sp³-hybridized carbons (Fsp3) is 0.375. The molecule has 2 aliphatic rings. The number of amides is 2. The Morgan fingerprint density at radius 3 is 2.76 bits per heavy atom. The molecule has 1 aromatic heterocycles. The van der Waals surface area contributed by atoms with Crippen LogP contribution in [0.25, 0.3) is 0 Å². The summed E-state index contributed by atoms with van der Waals surface area (Å²) in [6, 6.07) is 4.12. The number of carbonyl (C=O) groups excluding carboxylic acids is 2. The number of benzene rings is 1. The summed E-state index contributed by atoms with van der Waals surface area (Å²) >= 11 is 0. The van der Waals surface area contributed by atoms with Gasteiger partial charge in [0.05, 0.1) is 5.92 Å². The summed E-state index contributed by atoms with van der Waals surface area (Å²) in [5.74, 6) is -0.743. The molecule has 0 bridgehead atoms. The van der Waals surface area contributed by atoms with Crippen molar-refractivity contribution in [3.8, 4) is 0 Å². The summed E-state index contributed by atoms with van der Waals surface area (Å²) in [5, 5.41) is 9.33. The van der Waals surface area contributed by atoms with E-state index in [0.717, 1.165) is 0 Å². The van der Waals surface area contributed by atoms with E-state index in [9.17, 15) is 14.0 Å². The fourth-order valence-electron chi connectivity index (χ4n) is 3.36. The average Bonchev–Trinajstić information content (AvgIpc) is 3.16. The Bertz CT molecular complexity index is 801. The lowest BCUT2D eigenvalue weighted by atomic mass is 9.89. The molecule has 1 saturated heterocycles. The largest absolute Gasteiger partial charge is 0.339 e. The quantitative estimate of drug-likeness (QED) is 0.837. The highest BCUT2D eigenvalue weighted by molar-refractivity contribution is 6.01. The fourth-order valence-corrected chi connectivity index (χ4v) is 3.36. The van der Waals surface area contributed by atoms with Crippen LogP contribution in [0.4, 0.5) is 16.0 Å². The van der Waals surface area contributed by atoms with Gasteiger partial charge in [-0.25, -0.2) is 9.49 Å². The predicted molar refractivity (Wildman–Crippen MR) is 87.6 cm³/mol. The minimum absolute atomic E-state index is 0.0393. The Labute approximate surface area is 143 Å². The van der Waals surface area contributed by atoms with E-state index in [-0.39, 0.29) is 18.2 Å². The smallest absolute Gasteiger partial charge is 0.230 e. The van der Waals surface area contributed by atoms with Gasteiger partial charge < -0.3 is 15.1 Å². The summed E-state index contributed by atoms with van der Waals surface area (Å²) in [7, 11) is 0. The lowest BCUT2D eigenvalue weighted by molar-refractivity contribution is -0.135. The van der Waals surface area contributed by atoms with Crippen molar-refractivity contribution in [1.29, 1.82) is 0 Å². The maximum absolute atomic E-state index is 13.6. The zero-order valence-corrected chi connectivity index (χ0v) is 13.4. The van der Waals surface area contributed by atoms with Crippen LogP contribution in [-0.2, 0) is 9.59 Å². The highest BCUT2D eigenvalue weighted by atomic mass is 19.1. The van der Waals surface area contributed by atoms with Crippen LogP contribution in [0.5, 0.6) is 0 Å².